The maximum atomic E-state index is 11.7. The van der Waals surface area contributed by atoms with Gasteiger partial charge in [-0.3, -0.25) is 10.1 Å². The Balaban J connectivity index is 1.73. The average Bonchev–Trinajstić information content (AvgIpc) is 2.97. The Kier molecular flexibility index (Phi) is 5.21. The summed E-state index contributed by atoms with van der Waals surface area (Å²) >= 11 is 5.88. The van der Waals surface area contributed by atoms with Gasteiger partial charge in [-0.2, -0.15) is 0 Å². The van der Waals surface area contributed by atoms with Gasteiger partial charge in [0, 0.05) is 11.6 Å². The highest BCUT2D eigenvalue weighted by molar-refractivity contribution is 6.30. The predicted molar refractivity (Wildman–Crippen MR) is 78.4 cm³/mol. The molecule has 0 aliphatic rings. The van der Waals surface area contributed by atoms with E-state index in [9.17, 15) is 4.79 Å². The maximum Gasteiger partial charge on any atom is 0.234 e. The molecule has 0 aliphatic carbocycles. The van der Waals surface area contributed by atoms with Gasteiger partial charge in [0.1, 0.15) is 5.76 Å². The van der Waals surface area contributed by atoms with Crippen LogP contribution in [0.2, 0.25) is 5.02 Å². The van der Waals surface area contributed by atoms with Crippen LogP contribution in [-0.4, -0.2) is 12.5 Å². The molecule has 0 saturated heterocycles. The molecule has 4 nitrogen and oxygen atoms in total. The van der Waals surface area contributed by atoms with E-state index in [0.717, 1.165) is 11.3 Å². The third-order valence-corrected chi connectivity index (χ3v) is 3.15. The fourth-order valence-corrected chi connectivity index (χ4v) is 2.01. The van der Waals surface area contributed by atoms with E-state index in [0.29, 0.717) is 11.6 Å². The van der Waals surface area contributed by atoms with Crippen molar-refractivity contribution in [2.24, 2.45) is 0 Å². The van der Waals surface area contributed by atoms with Crippen LogP contribution in [0.15, 0.2) is 47.1 Å². The summed E-state index contributed by atoms with van der Waals surface area (Å²) in [6, 6.07) is 11.1. The van der Waals surface area contributed by atoms with Gasteiger partial charge in [-0.15, -0.1) is 0 Å². The molecule has 20 heavy (non-hydrogen) atoms. The second-order valence-corrected chi connectivity index (χ2v) is 4.96. The standard InChI is InChI=1S/C15H17ClN2O2/c1-11(14-6-3-7-20-14)17-10-15(19)18-9-12-4-2-5-13(16)8-12/h2-8,11,17H,9-10H2,1H3,(H,18,19)/t11-/m1/s1. The van der Waals surface area contributed by atoms with Crippen LogP contribution in [0.4, 0.5) is 0 Å². The molecule has 0 spiro atoms. The predicted octanol–water partition coefficient (Wildman–Crippen LogP) is 2.90. The molecule has 0 bridgehead atoms. The third-order valence-electron chi connectivity index (χ3n) is 2.92. The molecule has 0 aliphatic heterocycles. The zero-order valence-electron chi connectivity index (χ0n) is 11.2. The van der Waals surface area contributed by atoms with Crippen LogP contribution >= 0.6 is 11.6 Å². The molecule has 1 amide bonds. The largest absolute Gasteiger partial charge is 0.468 e. The Morgan fingerprint density at radius 1 is 1.35 bits per heavy atom. The number of amides is 1. The summed E-state index contributed by atoms with van der Waals surface area (Å²) in [5.74, 6) is 0.746. The van der Waals surface area contributed by atoms with Gasteiger partial charge in [-0.1, -0.05) is 23.7 Å². The Morgan fingerprint density at radius 3 is 2.90 bits per heavy atom. The molecule has 1 atom stereocenters. The van der Waals surface area contributed by atoms with Crippen LogP contribution in [0.1, 0.15) is 24.3 Å². The molecule has 2 aromatic rings. The van der Waals surface area contributed by atoms with Crippen LogP contribution in [0.25, 0.3) is 0 Å². The van der Waals surface area contributed by atoms with E-state index in [2.05, 4.69) is 10.6 Å². The Morgan fingerprint density at radius 2 is 2.20 bits per heavy atom. The molecule has 1 aromatic carbocycles. The van der Waals surface area contributed by atoms with E-state index in [1.54, 1.807) is 12.3 Å². The zero-order chi connectivity index (χ0) is 14.4. The lowest BCUT2D eigenvalue weighted by atomic mass is 10.2. The third kappa shape index (κ3) is 4.40. The smallest absolute Gasteiger partial charge is 0.234 e. The van der Waals surface area contributed by atoms with Gasteiger partial charge in [0.05, 0.1) is 18.8 Å². The van der Waals surface area contributed by atoms with Crippen LogP contribution in [0.3, 0.4) is 0 Å². The van der Waals surface area contributed by atoms with Crippen molar-refractivity contribution in [3.63, 3.8) is 0 Å². The van der Waals surface area contributed by atoms with Crippen molar-refractivity contribution in [1.82, 2.24) is 10.6 Å². The molecule has 106 valence electrons. The molecule has 0 saturated carbocycles. The van der Waals surface area contributed by atoms with Gasteiger partial charge in [-0.05, 0) is 36.8 Å². The summed E-state index contributed by atoms with van der Waals surface area (Å²) in [4.78, 5) is 11.7. The van der Waals surface area contributed by atoms with E-state index in [4.69, 9.17) is 16.0 Å². The number of benzene rings is 1. The van der Waals surface area contributed by atoms with Gasteiger partial charge in [0.25, 0.3) is 0 Å². The second-order valence-electron chi connectivity index (χ2n) is 4.52. The monoisotopic (exact) mass is 292 g/mol. The van der Waals surface area contributed by atoms with Crippen LogP contribution in [-0.2, 0) is 11.3 Å². The van der Waals surface area contributed by atoms with E-state index >= 15 is 0 Å². The zero-order valence-corrected chi connectivity index (χ0v) is 12.0. The van der Waals surface area contributed by atoms with Gasteiger partial charge in [-0.25, -0.2) is 0 Å². The van der Waals surface area contributed by atoms with Gasteiger partial charge >= 0.3 is 0 Å². The lowest BCUT2D eigenvalue weighted by Gasteiger charge is -2.11. The molecule has 0 unspecified atom stereocenters. The number of carbonyl (C=O) groups is 1. The first-order valence-corrected chi connectivity index (χ1v) is 6.81. The number of hydrogen-bond donors (Lipinski definition) is 2. The topological polar surface area (TPSA) is 54.3 Å². The highest BCUT2D eigenvalue weighted by Crippen LogP contribution is 2.12. The van der Waals surface area contributed by atoms with Crippen molar-refractivity contribution in [2.45, 2.75) is 19.5 Å². The summed E-state index contributed by atoms with van der Waals surface area (Å²) in [7, 11) is 0. The summed E-state index contributed by atoms with van der Waals surface area (Å²) in [5, 5.41) is 6.60. The lowest BCUT2D eigenvalue weighted by Crippen LogP contribution is -2.34. The molecule has 2 rings (SSSR count). The fourth-order valence-electron chi connectivity index (χ4n) is 1.79. The Bertz CT molecular complexity index is 555. The summed E-state index contributed by atoms with van der Waals surface area (Å²) in [6.45, 7) is 2.65. The molecule has 0 fully saturated rings. The molecule has 5 heteroatoms. The molecular weight excluding hydrogens is 276 g/mol. The number of furan rings is 1. The van der Waals surface area contributed by atoms with Gasteiger partial charge in [0.15, 0.2) is 0 Å². The number of rotatable bonds is 6. The molecule has 1 heterocycles. The number of nitrogens with one attached hydrogen (secondary N) is 2. The van der Waals surface area contributed by atoms with E-state index in [1.165, 1.54) is 0 Å². The minimum atomic E-state index is -0.0663. The Labute approximate surface area is 123 Å². The number of hydrogen-bond acceptors (Lipinski definition) is 3. The highest BCUT2D eigenvalue weighted by atomic mass is 35.5. The fraction of sp³-hybridized carbons (Fsp3) is 0.267. The van der Waals surface area contributed by atoms with E-state index in [-0.39, 0.29) is 18.5 Å². The molecular formula is C15H17ClN2O2. The first kappa shape index (κ1) is 14.6. The second kappa shape index (κ2) is 7.12. The van der Waals surface area contributed by atoms with Crippen molar-refractivity contribution in [2.75, 3.05) is 6.54 Å². The van der Waals surface area contributed by atoms with E-state index < -0.39 is 0 Å². The summed E-state index contributed by atoms with van der Waals surface area (Å²) < 4.78 is 5.26. The number of carbonyl (C=O) groups excluding carboxylic acids is 1. The maximum absolute atomic E-state index is 11.7. The molecule has 0 radical (unpaired) electrons. The van der Waals surface area contributed by atoms with Crippen molar-refractivity contribution in [3.05, 3.63) is 59.0 Å². The SMILES string of the molecule is C[C@@H](NCC(=O)NCc1cccc(Cl)c1)c1ccco1. The van der Waals surface area contributed by atoms with Crippen molar-refractivity contribution in [1.29, 1.82) is 0 Å². The lowest BCUT2D eigenvalue weighted by molar-refractivity contribution is -0.120. The Hall–Kier alpha value is -1.78. The number of halogens is 1. The van der Waals surface area contributed by atoms with E-state index in [1.807, 2.05) is 37.3 Å². The van der Waals surface area contributed by atoms with Crippen LogP contribution in [0.5, 0.6) is 0 Å². The van der Waals surface area contributed by atoms with Crippen LogP contribution in [0, 0.1) is 0 Å². The normalized spacial score (nSPS) is 12.1. The first-order valence-electron chi connectivity index (χ1n) is 6.43. The van der Waals surface area contributed by atoms with Crippen molar-refractivity contribution in [3.8, 4) is 0 Å². The minimum Gasteiger partial charge on any atom is -0.468 e. The molecule has 2 N–H and O–H groups in total. The van der Waals surface area contributed by atoms with Crippen LogP contribution < -0.4 is 10.6 Å². The van der Waals surface area contributed by atoms with Crippen molar-refractivity contribution < 1.29 is 9.21 Å². The van der Waals surface area contributed by atoms with Crippen molar-refractivity contribution >= 4 is 17.5 Å². The minimum absolute atomic E-state index is 0.00178. The summed E-state index contributed by atoms with van der Waals surface area (Å²) in [6.07, 6.45) is 1.62. The van der Waals surface area contributed by atoms with Gasteiger partial charge in [0.2, 0.25) is 5.91 Å². The average molecular weight is 293 g/mol. The highest BCUT2D eigenvalue weighted by Gasteiger charge is 2.09. The molecule has 1 aromatic heterocycles. The quantitative estimate of drug-likeness (QED) is 0.861. The van der Waals surface area contributed by atoms with Gasteiger partial charge < -0.3 is 9.73 Å². The summed E-state index contributed by atoms with van der Waals surface area (Å²) in [5.41, 5.74) is 0.977. The first-order chi connectivity index (χ1) is 9.65.